The maximum Gasteiger partial charge on any atom is 0.416 e. The molecule has 0 saturated carbocycles. The summed E-state index contributed by atoms with van der Waals surface area (Å²) in [5.41, 5.74) is -0.567. The lowest BCUT2D eigenvalue weighted by Crippen LogP contribution is -2.40. The third-order valence-corrected chi connectivity index (χ3v) is 8.26. The van der Waals surface area contributed by atoms with Gasteiger partial charge < -0.3 is 4.90 Å². The minimum absolute atomic E-state index is 0.0760. The lowest BCUT2D eigenvalue weighted by atomic mass is 9.95. The Morgan fingerprint density at radius 3 is 2.17 bits per heavy atom. The zero-order valence-corrected chi connectivity index (χ0v) is 19.7. The Morgan fingerprint density at radius 1 is 0.722 bits per heavy atom. The summed E-state index contributed by atoms with van der Waals surface area (Å²) in [6.45, 7) is 0. The average Bonchev–Trinajstić information content (AvgIpc) is 2.83. The van der Waals surface area contributed by atoms with Gasteiger partial charge in [-0.3, -0.25) is 0 Å². The monoisotopic (exact) mass is 532 g/mol. The van der Waals surface area contributed by atoms with Gasteiger partial charge in [-0.15, -0.1) is 0 Å². The van der Waals surface area contributed by atoms with Gasteiger partial charge in [0.15, 0.2) is 0 Å². The van der Waals surface area contributed by atoms with Crippen LogP contribution >= 0.6 is 23.5 Å². The first-order chi connectivity index (χ1) is 17.1. The summed E-state index contributed by atoms with van der Waals surface area (Å²) >= 11 is 2.53. The van der Waals surface area contributed by atoms with Crippen molar-refractivity contribution in [3.8, 4) is 0 Å². The first kappa shape index (κ1) is 23.3. The first-order valence-corrected chi connectivity index (χ1v) is 12.4. The quantitative estimate of drug-likeness (QED) is 0.291. The van der Waals surface area contributed by atoms with Crippen LogP contribution in [0.25, 0.3) is 0 Å². The molecular weight excluding hydrogens is 518 g/mol. The summed E-state index contributed by atoms with van der Waals surface area (Å²) < 4.78 is 84.2. The second-order valence-corrected chi connectivity index (χ2v) is 10.4. The van der Waals surface area contributed by atoms with Gasteiger partial charge in [0.1, 0.15) is 0 Å². The number of alkyl halides is 6. The van der Waals surface area contributed by atoms with Crippen molar-refractivity contribution in [1.29, 1.82) is 0 Å². The summed E-state index contributed by atoms with van der Waals surface area (Å²) in [6, 6.07) is 15.7. The van der Waals surface area contributed by atoms with Gasteiger partial charge in [-0.05, 0) is 54.6 Å². The largest absolute Gasteiger partial charge is 0.416 e. The second kappa shape index (κ2) is 8.21. The molecule has 1 atom stereocenters. The fourth-order valence-electron chi connectivity index (χ4n) is 4.40. The molecular formula is C26H14F6N2S2. The molecule has 0 spiro atoms. The molecule has 1 unspecified atom stereocenters. The highest BCUT2D eigenvalue weighted by Crippen LogP contribution is 2.53. The van der Waals surface area contributed by atoms with E-state index in [1.54, 1.807) is 36.4 Å². The van der Waals surface area contributed by atoms with Crippen LogP contribution in [0.15, 0.2) is 109 Å². The molecule has 6 rings (SSSR count). The van der Waals surface area contributed by atoms with Gasteiger partial charge >= 0.3 is 12.4 Å². The number of anilines is 2. The average molecular weight is 533 g/mol. The number of hydrogen-bond acceptors (Lipinski definition) is 4. The highest BCUT2D eigenvalue weighted by atomic mass is 32.2. The van der Waals surface area contributed by atoms with Crippen LogP contribution in [0.5, 0.6) is 0 Å². The zero-order valence-electron chi connectivity index (χ0n) is 18.1. The minimum Gasteiger partial charge on any atom is -0.328 e. The number of allylic oxidation sites excluding steroid dienone is 2. The fourth-order valence-corrected chi connectivity index (χ4v) is 6.46. The maximum atomic E-state index is 14.5. The summed E-state index contributed by atoms with van der Waals surface area (Å²) in [4.78, 5) is 8.21. The highest BCUT2D eigenvalue weighted by molar-refractivity contribution is 8.04. The van der Waals surface area contributed by atoms with Crippen molar-refractivity contribution in [2.45, 2.75) is 33.1 Å². The number of aliphatic imine (C=N–C) groups is 1. The summed E-state index contributed by atoms with van der Waals surface area (Å²) in [7, 11) is 0. The Morgan fingerprint density at radius 2 is 1.42 bits per heavy atom. The van der Waals surface area contributed by atoms with Gasteiger partial charge in [0, 0.05) is 19.6 Å². The van der Waals surface area contributed by atoms with Crippen LogP contribution in [0.3, 0.4) is 0 Å². The number of rotatable bonds is 1. The molecule has 2 nitrogen and oxygen atoms in total. The van der Waals surface area contributed by atoms with Crippen molar-refractivity contribution in [2.24, 2.45) is 4.99 Å². The van der Waals surface area contributed by atoms with Crippen LogP contribution in [-0.2, 0) is 6.18 Å². The van der Waals surface area contributed by atoms with Crippen molar-refractivity contribution in [3.05, 3.63) is 94.9 Å². The van der Waals surface area contributed by atoms with E-state index < -0.39 is 29.5 Å². The molecule has 0 amide bonds. The normalized spacial score (nSPS) is 18.8. The number of para-hydroxylation sites is 2. The molecule has 0 N–H and O–H groups in total. The fraction of sp³-hybridized carbons (Fsp3) is 0.115. The van der Waals surface area contributed by atoms with E-state index in [-0.39, 0.29) is 11.4 Å². The highest BCUT2D eigenvalue weighted by Gasteiger charge is 2.45. The Kier molecular flexibility index (Phi) is 5.31. The van der Waals surface area contributed by atoms with Gasteiger partial charge in [0.25, 0.3) is 0 Å². The Bertz CT molecular complexity index is 1490. The first-order valence-electron chi connectivity index (χ1n) is 10.7. The van der Waals surface area contributed by atoms with Gasteiger partial charge in [0.2, 0.25) is 0 Å². The van der Waals surface area contributed by atoms with Crippen LogP contribution in [0.2, 0.25) is 0 Å². The van der Waals surface area contributed by atoms with Crippen LogP contribution in [0.4, 0.5) is 43.4 Å². The van der Waals surface area contributed by atoms with E-state index >= 15 is 0 Å². The molecule has 0 radical (unpaired) electrons. The topological polar surface area (TPSA) is 15.6 Å². The third-order valence-electron chi connectivity index (χ3n) is 5.99. The second-order valence-electron chi connectivity index (χ2n) is 8.26. The number of hydrogen-bond donors (Lipinski definition) is 0. The lowest BCUT2D eigenvalue weighted by Gasteiger charge is -2.41. The van der Waals surface area contributed by atoms with E-state index in [0.717, 1.165) is 23.1 Å². The number of fused-ring (bicyclic) bond motifs is 4. The molecule has 36 heavy (non-hydrogen) atoms. The van der Waals surface area contributed by atoms with Crippen LogP contribution in [0.1, 0.15) is 5.56 Å². The zero-order chi connectivity index (χ0) is 25.2. The SMILES string of the molecule is FC(F)(F)C1=CC2=Nc3ccccc3SC2=CC1N1c2ccccc2Sc2ccc(C(F)(F)F)cc21. The smallest absolute Gasteiger partial charge is 0.328 e. The van der Waals surface area contributed by atoms with Crippen molar-refractivity contribution < 1.29 is 26.3 Å². The molecule has 2 aliphatic heterocycles. The Labute approximate surface area is 210 Å². The van der Waals surface area contributed by atoms with Crippen LogP contribution < -0.4 is 4.90 Å². The molecule has 3 aromatic rings. The van der Waals surface area contributed by atoms with Gasteiger partial charge in [-0.25, -0.2) is 4.99 Å². The Hall–Kier alpha value is -3.11. The van der Waals surface area contributed by atoms with E-state index in [0.29, 0.717) is 26.1 Å². The minimum atomic E-state index is -4.74. The molecule has 3 aromatic carbocycles. The summed E-state index contributed by atoms with van der Waals surface area (Å²) in [5, 5.41) is 0. The molecule has 0 saturated heterocycles. The number of nitrogens with zero attached hydrogens (tertiary/aromatic N) is 2. The van der Waals surface area contributed by atoms with Crippen LogP contribution in [-0.4, -0.2) is 17.9 Å². The molecule has 0 fully saturated rings. The third kappa shape index (κ3) is 3.92. The predicted molar refractivity (Wildman–Crippen MR) is 130 cm³/mol. The molecule has 10 heteroatoms. The molecule has 182 valence electrons. The molecule has 0 aromatic heterocycles. The molecule has 2 heterocycles. The standard InChI is InChI=1S/C26H14F6N2S2/c27-25(28,29)14-9-10-23-20(11-14)34(18-6-2-4-8-22(18)36-23)19-13-24-17(12-15(19)26(30,31)32)33-16-5-1-3-7-21(16)35-24/h1-13,19H. The van der Waals surface area contributed by atoms with E-state index in [1.165, 1.54) is 40.6 Å². The van der Waals surface area contributed by atoms with Crippen LogP contribution in [0, 0.1) is 0 Å². The van der Waals surface area contributed by atoms with Crippen molar-refractivity contribution >= 4 is 46.3 Å². The lowest BCUT2D eigenvalue weighted by molar-refractivity contribution is -0.137. The maximum absolute atomic E-state index is 14.5. The Balaban J connectivity index is 1.57. The number of benzene rings is 3. The summed E-state index contributed by atoms with van der Waals surface area (Å²) in [5.74, 6) is 0. The molecule has 1 aliphatic carbocycles. The van der Waals surface area contributed by atoms with Gasteiger partial charge in [-0.2, -0.15) is 26.3 Å². The van der Waals surface area contributed by atoms with Gasteiger partial charge in [0.05, 0.1) is 40.0 Å². The van der Waals surface area contributed by atoms with E-state index in [9.17, 15) is 26.3 Å². The summed E-state index contributed by atoms with van der Waals surface area (Å²) in [6.07, 6.45) is -6.91. The van der Waals surface area contributed by atoms with Gasteiger partial charge in [-0.1, -0.05) is 47.8 Å². The van der Waals surface area contributed by atoms with E-state index in [2.05, 4.69) is 4.99 Å². The van der Waals surface area contributed by atoms with E-state index in [1.807, 2.05) is 12.1 Å². The molecule has 3 aliphatic rings. The number of thioether (sulfide) groups is 1. The van der Waals surface area contributed by atoms with E-state index in [4.69, 9.17) is 0 Å². The number of halogens is 6. The van der Waals surface area contributed by atoms with Crippen molar-refractivity contribution in [1.82, 2.24) is 0 Å². The van der Waals surface area contributed by atoms with Crippen molar-refractivity contribution in [3.63, 3.8) is 0 Å². The predicted octanol–water partition coefficient (Wildman–Crippen LogP) is 8.94. The molecule has 0 bridgehead atoms. The van der Waals surface area contributed by atoms with Crippen molar-refractivity contribution in [2.75, 3.05) is 4.90 Å².